The summed E-state index contributed by atoms with van der Waals surface area (Å²) in [5.74, 6) is 0.249. The van der Waals surface area contributed by atoms with E-state index in [2.05, 4.69) is 91.0 Å². The number of benzene rings is 9. The largest absolute Gasteiger partial charge is 0.527 e. The molecule has 0 amide bonds. The lowest BCUT2D eigenvalue weighted by Crippen LogP contribution is -2.04. The van der Waals surface area contributed by atoms with Crippen LogP contribution in [0.1, 0.15) is 22.3 Å². The number of phosphoric ester groups is 1. The van der Waals surface area contributed by atoms with Crippen LogP contribution in [0.4, 0.5) is 0 Å². The minimum atomic E-state index is -4.76. The lowest BCUT2D eigenvalue weighted by atomic mass is 9.85. The van der Waals surface area contributed by atoms with E-state index in [9.17, 15) is 9.46 Å². The first-order valence-electron chi connectivity index (χ1n) is 18.0. The van der Waals surface area contributed by atoms with Crippen molar-refractivity contribution in [1.29, 1.82) is 0 Å². The van der Waals surface area contributed by atoms with Crippen molar-refractivity contribution in [2.75, 3.05) is 6.61 Å². The molecule has 1 N–H and O–H groups in total. The molecule has 4 nitrogen and oxygen atoms in total. The van der Waals surface area contributed by atoms with Gasteiger partial charge in [-0.05, 0) is 112 Å². The van der Waals surface area contributed by atoms with Gasteiger partial charge < -0.3 is 4.52 Å². The van der Waals surface area contributed by atoms with E-state index in [4.69, 9.17) is 15.6 Å². The van der Waals surface area contributed by atoms with Crippen LogP contribution in [0.5, 0.6) is 5.75 Å². The predicted molar refractivity (Wildman–Crippen MR) is 225 cm³/mol. The standard InChI is InChI=1S/C49H33O4P/c1-31-37-18-6-2-14-32(37)26-36(45-27-33-15-3-7-19-38(33)41-22-10-12-24-43(41)45)30-52-54(50,51)53-49-47(29-35-17-5-9-21-40(35)48(31)49)46-28-34-16-4-8-20-39(34)42-23-11-13-25-44(42)46/h2-29H,1,30H2,(H,50,51)/b36-26+. The Morgan fingerprint density at radius 2 is 0.963 bits per heavy atom. The van der Waals surface area contributed by atoms with Crippen molar-refractivity contribution in [3.63, 3.8) is 0 Å². The van der Waals surface area contributed by atoms with Gasteiger partial charge in [-0.2, -0.15) is 0 Å². The minimum absolute atomic E-state index is 0.173. The van der Waals surface area contributed by atoms with Gasteiger partial charge in [0.2, 0.25) is 0 Å². The van der Waals surface area contributed by atoms with Crippen molar-refractivity contribution in [2.24, 2.45) is 0 Å². The van der Waals surface area contributed by atoms with Crippen molar-refractivity contribution < 1.29 is 18.5 Å². The Morgan fingerprint density at radius 3 is 1.61 bits per heavy atom. The molecule has 0 fully saturated rings. The average molecular weight is 717 g/mol. The van der Waals surface area contributed by atoms with Crippen LogP contribution in [0.25, 0.3) is 82.2 Å². The molecule has 1 unspecified atom stereocenters. The third-order valence-electron chi connectivity index (χ3n) is 10.7. The molecule has 0 spiro atoms. The van der Waals surface area contributed by atoms with Crippen molar-refractivity contribution in [1.82, 2.24) is 0 Å². The van der Waals surface area contributed by atoms with E-state index in [0.717, 1.165) is 81.7 Å². The first kappa shape index (κ1) is 32.4. The Bertz CT molecular complexity index is 3100. The Hall–Kier alpha value is -6.29. The third kappa shape index (κ3) is 5.35. The van der Waals surface area contributed by atoms with E-state index in [1.165, 1.54) is 0 Å². The van der Waals surface area contributed by atoms with Gasteiger partial charge in [-0.3, -0.25) is 9.42 Å². The quantitative estimate of drug-likeness (QED) is 0.143. The maximum Gasteiger partial charge on any atom is 0.527 e. The first-order valence-corrected chi connectivity index (χ1v) is 19.5. The maximum absolute atomic E-state index is 14.4. The van der Waals surface area contributed by atoms with Crippen LogP contribution < -0.4 is 4.52 Å². The molecule has 0 radical (unpaired) electrons. The summed E-state index contributed by atoms with van der Waals surface area (Å²) in [6, 6.07) is 55.6. The van der Waals surface area contributed by atoms with E-state index >= 15 is 0 Å². The molecule has 9 aromatic rings. The Balaban J connectivity index is 1.26. The number of phosphoric acid groups is 1. The normalized spacial score (nSPS) is 17.1. The van der Waals surface area contributed by atoms with Gasteiger partial charge in [0.05, 0.1) is 6.61 Å². The second-order valence-electron chi connectivity index (χ2n) is 13.8. The fourth-order valence-corrected chi connectivity index (χ4v) is 9.01. The molecule has 5 heteroatoms. The molecular weight excluding hydrogens is 684 g/mol. The van der Waals surface area contributed by atoms with Crippen LogP contribution >= 0.6 is 7.82 Å². The second kappa shape index (κ2) is 12.7. The van der Waals surface area contributed by atoms with E-state index in [1.54, 1.807) is 0 Å². The van der Waals surface area contributed by atoms with Gasteiger partial charge in [-0.25, -0.2) is 4.57 Å². The molecule has 1 atom stereocenters. The van der Waals surface area contributed by atoms with Crippen LogP contribution in [0.15, 0.2) is 170 Å². The highest BCUT2D eigenvalue weighted by Crippen LogP contribution is 2.54. The smallest absolute Gasteiger partial charge is 0.403 e. The van der Waals surface area contributed by atoms with Crippen molar-refractivity contribution in [3.8, 4) is 16.9 Å². The van der Waals surface area contributed by atoms with Crippen molar-refractivity contribution in [3.05, 3.63) is 193 Å². The zero-order valence-corrected chi connectivity index (χ0v) is 30.1. The van der Waals surface area contributed by atoms with Crippen LogP contribution in [0, 0.1) is 0 Å². The van der Waals surface area contributed by atoms with Crippen molar-refractivity contribution >= 4 is 78.9 Å². The van der Waals surface area contributed by atoms with Gasteiger partial charge in [-0.15, -0.1) is 0 Å². The number of rotatable bonds is 2. The summed E-state index contributed by atoms with van der Waals surface area (Å²) in [5.41, 5.74) is 6.30. The third-order valence-corrected chi connectivity index (χ3v) is 11.5. The topological polar surface area (TPSA) is 55.8 Å². The van der Waals surface area contributed by atoms with Gasteiger partial charge in [-0.1, -0.05) is 152 Å². The highest BCUT2D eigenvalue weighted by Gasteiger charge is 2.31. The van der Waals surface area contributed by atoms with E-state index in [1.807, 2.05) is 78.9 Å². The molecule has 0 bridgehead atoms. The molecule has 10 rings (SSSR count). The van der Waals surface area contributed by atoms with Crippen LogP contribution in [-0.2, 0) is 9.09 Å². The van der Waals surface area contributed by atoms with Crippen molar-refractivity contribution in [2.45, 2.75) is 0 Å². The number of hydrogen-bond acceptors (Lipinski definition) is 3. The van der Waals surface area contributed by atoms with Crippen LogP contribution in [0.2, 0.25) is 0 Å². The SMILES string of the molecule is C=C1c2ccccc2/C=C(/c2cc3ccccc3c3ccccc23)COP(=O)(O)Oc2c(-c3cc4ccccc4c4ccccc34)cc3ccccc3c21. The zero-order chi connectivity index (χ0) is 36.4. The molecular formula is C49H33O4P. The first-order chi connectivity index (χ1) is 26.4. The number of fused-ring (bicyclic) bond motifs is 10. The van der Waals surface area contributed by atoms with Gasteiger partial charge >= 0.3 is 7.82 Å². The molecule has 9 aromatic carbocycles. The molecule has 1 aliphatic heterocycles. The Morgan fingerprint density at radius 1 is 0.500 bits per heavy atom. The monoisotopic (exact) mass is 716 g/mol. The lowest BCUT2D eigenvalue weighted by Gasteiger charge is -2.23. The predicted octanol–water partition coefficient (Wildman–Crippen LogP) is 13.2. The lowest BCUT2D eigenvalue weighted by molar-refractivity contribution is 0.226. The summed E-state index contributed by atoms with van der Waals surface area (Å²) >= 11 is 0. The van der Waals surface area contributed by atoms with Gasteiger partial charge in [0, 0.05) is 11.1 Å². The summed E-state index contributed by atoms with van der Waals surface area (Å²) in [6.07, 6.45) is 2.06. The zero-order valence-electron chi connectivity index (χ0n) is 29.2. The van der Waals surface area contributed by atoms with E-state index in [0.29, 0.717) is 16.7 Å². The van der Waals surface area contributed by atoms with Gasteiger partial charge in [0.1, 0.15) is 5.75 Å². The highest BCUT2D eigenvalue weighted by molar-refractivity contribution is 7.47. The average Bonchev–Trinajstić information content (AvgIpc) is 3.22. The minimum Gasteiger partial charge on any atom is -0.403 e. The Kier molecular flexibility index (Phi) is 7.60. The summed E-state index contributed by atoms with van der Waals surface area (Å²) in [6.45, 7) is 4.54. The molecule has 0 aromatic heterocycles. The summed E-state index contributed by atoms with van der Waals surface area (Å²) in [5, 5.41) is 10.4. The van der Waals surface area contributed by atoms with E-state index < -0.39 is 7.82 Å². The second-order valence-corrected chi connectivity index (χ2v) is 15.2. The van der Waals surface area contributed by atoms with E-state index in [-0.39, 0.29) is 12.4 Å². The molecule has 54 heavy (non-hydrogen) atoms. The van der Waals surface area contributed by atoms with Gasteiger partial charge in [0.25, 0.3) is 0 Å². The maximum atomic E-state index is 14.4. The molecule has 258 valence electrons. The fourth-order valence-electron chi connectivity index (χ4n) is 8.23. The highest BCUT2D eigenvalue weighted by atomic mass is 31.2. The number of hydrogen-bond donors (Lipinski definition) is 1. The van der Waals surface area contributed by atoms with Crippen LogP contribution in [0.3, 0.4) is 0 Å². The fraction of sp³-hybridized carbons (Fsp3) is 0.0204. The molecule has 0 saturated heterocycles. The molecule has 1 heterocycles. The van der Waals surface area contributed by atoms with Gasteiger partial charge in [0.15, 0.2) is 0 Å². The summed E-state index contributed by atoms with van der Waals surface area (Å²) in [4.78, 5) is 11.8. The summed E-state index contributed by atoms with van der Waals surface area (Å²) in [7, 11) is -4.76. The molecule has 0 saturated carbocycles. The molecule has 1 aliphatic rings. The Labute approximate surface area is 312 Å². The summed E-state index contributed by atoms with van der Waals surface area (Å²) < 4.78 is 26.9. The molecule has 0 aliphatic carbocycles. The van der Waals surface area contributed by atoms with Crippen LogP contribution in [-0.4, -0.2) is 11.5 Å².